The van der Waals surface area contributed by atoms with Gasteiger partial charge in [-0.2, -0.15) is 5.10 Å². The Morgan fingerprint density at radius 1 is 1.26 bits per heavy atom. The summed E-state index contributed by atoms with van der Waals surface area (Å²) in [6.45, 7) is 9.82. The highest BCUT2D eigenvalue weighted by Crippen LogP contribution is 2.34. The summed E-state index contributed by atoms with van der Waals surface area (Å²) in [7, 11) is 0. The molecule has 0 spiro atoms. The number of hydrogen-bond acceptors (Lipinski definition) is 4. The first-order valence-corrected chi connectivity index (χ1v) is 10.4. The van der Waals surface area contributed by atoms with Crippen LogP contribution in [0.4, 0.5) is 10.2 Å². The average Bonchev–Trinajstić information content (AvgIpc) is 3.51. The van der Waals surface area contributed by atoms with Crippen LogP contribution in [-0.4, -0.2) is 46.1 Å². The topological polar surface area (TPSA) is 97.6 Å². The van der Waals surface area contributed by atoms with Gasteiger partial charge in [0.1, 0.15) is 16.9 Å². The maximum Gasteiger partial charge on any atom is 0.254 e. The van der Waals surface area contributed by atoms with Gasteiger partial charge in [-0.3, -0.25) is 19.2 Å². The smallest absolute Gasteiger partial charge is 0.254 e. The minimum Gasteiger partial charge on any atom is -0.365 e. The summed E-state index contributed by atoms with van der Waals surface area (Å²) in [6, 6.07) is 6.46. The normalized spacial score (nSPS) is 18.3. The van der Waals surface area contributed by atoms with Crippen LogP contribution >= 0.6 is 0 Å². The quantitative estimate of drug-likeness (QED) is 0.667. The van der Waals surface area contributed by atoms with Gasteiger partial charge in [0.15, 0.2) is 5.82 Å². The van der Waals surface area contributed by atoms with E-state index in [4.69, 9.17) is 12.3 Å². The third kappa shape index (κ3) is 4.59. The summed E-state index contributed by atoms with van der Waals surface area (Å²) >= 11 is 0. The summed E-state index contributed by atoms with van der Waals surface area (Å²) in [6.07, 6.45) is 4.55. The van der Waals surface area contributed by atoms with Crippen LogP contribution in [-0.2, 0) is 16.9 Å². The number of amides is 2. The minimum atomic E-state index is -0.663. The van der Waals surface area contributed by atoms with Gasteiger partial charge in [0.25, 0.3) is 5.91 Å². The standard InChI is InChI=1S/C22H25FN6O2/c1-25-14-22(8-10-28(11-9-22)12-15-2-6-17(23)7-3-15)29-13-18(19(24)30)20(27-29)26-21(31)16-4-5-16/h2-3,6-7,13,16H,4-5,8-12,14H2,(H2,24,30)(H,26,27,31). The van der Waals surface area contributed by atoms with Crippen LogP contribution in [0.2, 0.25) is 0 Å². The first-order valence-electron chi connectivity index (χ1n) is 10.4. The zero-order valence-electron chi connectivity index (χ0n) is 17.2. The van der Waals surface area contributed by atoms with Gasteiger partial charge in [-0.15, -0.1) is 0 Å². The molecule has 1 saturated carbocycles. The van der Waals surface area contributed by atoms with Crippen molar-refractivity contribution in [1.82, 2.24) is 14.7 Å². The molecule has 0 unspecified atom stereocenters. The number of nitrogens with one attached hydrogen (secondary N) is 1. The predicted molar refractivity (Wildman–Crippen MR) is 112 cm³/mol. The largest absolute Gasteiger partial charge is 0.365 e. The van der Waals surface area contributed by atoms with Crippen molar-refractivity contribution in [2.75, 3.05) is 25.0 Å². The van der Waals surface area contributed by atoms with Crippen LogP contribution in [0.5, 0.6) is 0 Å². The average molecular weight is 424 g/mol. The van der Waals surface area contributed by atoms with Crippen LogP contribution in [0, 0.1) is 18.3 Å². The zero-order chi connectivity index (χ0) is 22.0. The Bertz CT molecular complexity index is 1010. The number of carbonyl (C=O) groups excluding carboxylic acids is 2. The van der Waals surface area contributed by atoms with E-state index in [0.717, 1.165) is 31.5 Å². The van der Waals surface area contributed by atoms with E-state index in [-0.39, 0.29) is 35.6 Å². The monoisotopic (exact) mass is 424 g/mol. The first-order chi connectivity index (χ1) is 14.9. The number of piperidine rings is 1. The number of anilines is 1. The summed E-state index contributed by atoms with van der Waals surface area (Å²) in [5.74, 6) is -0.933. The van der Waals surface area contributed by atoms with Crippen molar-refractivity contribution in [3.63, 3.8) is 0 Å². The maximum absolute atomic E-state index is 13.1. The van der Waals surface area contributed by atoms with Crippen LogP contribution in [0.25, 0.3) is 4.85 Å². The second-order valence-electron chi connectivity index (χ2n) is 8.41. The molecule has 1 aliphatic heterocycles. The molecule has 162 valence electrons. The highest BCUT2D eigenvalue weighted by Gasteiger charge is 2.41. The van der Waals surface area contributed by atoms with E-state index in [9.17, 15) is 14.0 Å². The lowest BCUT2D eigenvalue weighted by Gasteiger charge is -2.38. The van der Waals surface area contributed by atoms with Crippen molar-refractivity contribution >= 4 is 17.6 Å². The number of halogens is 1. The second kappa shape index (κ2) is 8.47. The Morgan fingerprint density at radius 3 is 2.52 bits per heavy atom. The number of hydrogen-bond donors (Lipinski definition) is 2. The van der Waals surface area contributed by atoms with E-state index in [1.165, 1.54) is 12.1 Å². The number of rotatable bonds is 7. The molecule has 1 aromatic heterocycles. The number of aromatic nitrogens is 2. The highest BCUT2D eigenvalue weighted by atomic mass is 19.1. The Kier molecular flexibility index (Phi) is 5.74. The molecule has 1 aliphatic carbocycles. The molecular formula is C22H25FN6O2. The van der Waals surface area contributed by atoms with Crippen molar-refractivity contribution in [3.8, 4) is 0 Å². The Morgan fingerprint density at radius 2 is 1.94 bits per heavy atom. The summed E-state index contributed by atoms with van der Waals surface area (Å²) < 4.78 is 14.8. The second-order valence-corrected chi connectivity index (χ2v) is 8.41. The molecule has 0 atom stereocenters. The van der Waals surface area contributed by atoms with Crippen molar-refractivity contribution in [2.45, 2.75) is 37.8 Å². The van der Waals surface area contributed by atoms with Crippen LogP contribution in [0.15, 0.2) is 30.5 Å². The van der Waals surface area contributed by atoms with Crippen molar-refractivity contribution in [1.29, 1.82) is 0 Å². The fourth-order valence-corrected chi connectivity index (χ4v) is 4.04. The molecule has 2 heterocycles. The molecule has 4 rings (SSSR count). The van der Waals surface area contributed by atoms with E-state index in [1.807, 2.05) is 0 Å². The van der Waals surface area contributed by atoms with Gasteiger partial charge in [0.05, 0.1) is 0 Å². The van der Waals surface area contributed by atoms with Gasteiger partial charge in [-0.05, 0) is 43.4 Å². The minimum absolute atomic E-state index is 0.0298. The molecule has 0 bridgehead atoms. The van der Waals surface area contributed by atoms with Crippen LogP contribution in [0.3, 0.4) is 0 Å². The summed E-state index contributed by atoms with van der Waals surface area (Å²) in [4.78, 5) is 30.0. The van der Waals surface area contributed by atoms with Crippen LogP contribution < -0.4 is 11.1 Å². The van der Waals surface area contributed by atoms with Gasteiger partial charge >= 0.3 is 0 Å². The fourth-order valence-electron chi connectivity index (χ4n) is 4.04. The van der Waals surface area contributed by atoms with Crippen molar-refractivity contribution in [3.05, 3.63) is 58.8 Å². The van der Waals surface area contributed by atoms with E-state index in [1.54, 1.807) is 23.0 Å². The lowest BCUT2D eigenvalue weighted by molar-refractivity contribution is -0.117. The predicted octanol–water partition coefficient (Wildman–Crippen LogP) is 2.38. The van der Waals surface area contributed by atoms with Crippen molar-refractivity contribution < 1.29 is 14.0 Å². The van der Waals surface area contributed by atoms with E-state index in [2.05, 4.69) is 20.2 Å². The molecule has 3 N–H and O–H groups in total. The lowest BCUT2D eigenvalue weighted by atomic mass is 9.87. The van der Waals surface area contributed by atoms with Crippen molar-refractivity contribution in [2.24, 2.45) is 11.7 Å². The Balaban J connectivity index is 1.51. The molecule has 2 amide bonds. The molecule has 2 fully saturated rings. The van der Waals surface area contributed by atoms with E-state index >= 15 is 0 Å². The third-order valence-corrected chi connectivity index (χ3v) is 6.14. The molecule has 2 aliphatic rings. The van der Waals surface area contributed by atoms with E-state index in [0.29, 0.717) is 19.4 Å². The zero-order valence-corrected chi connectivity index (χ0v) is 17.2. The molecule has 31 heavy (non-hydrogen) atoms. The van der Waals surface area contributed by atoms with Crippen LogP contribution in [0.1, 0.15) is 41.6 Å². The number of carbonyl (C=O) groups is 2. The number of likely N-dealkylation sites (tertiary alicyclic amines) is 1. The summed E-state index contributed by atoms with van der Waals surface area (Å²) in [5, 5.41) is 7.22. The molecule has 9 heteroatoms. The molecule has 0 radical (unpaired) electrons. The SMILES string of the molecule is [C-]#[N+]CC1(n2cc(C(N)=O)c(NC(=O)C3CC3)n2)CCN(Cc2ccc(F)cc2)CC1. The van der Waals surface area contributed by atoms with Gasteiger partial charge in [-0.1, -0.05) is 12.1 Å². The first kappa shape index (κ1) is 21.0. The fraction of sp³-hybridized carbons (Fsp3) is 0.455. The number of nitrogens with two attached hydrogens (primary N) is 1. The molecule has 2 aromatic rings. The number of primary amides is 1. The lowest BCUT2D eigenvalue weighted by Crippen LogP contribution is -2.47. The third-order valence-electron chi connectivity index (χ3n) is 6.14. The summed E-state index contributed by atoms with van der Waals surface area (Å²) in [5.41, 5.74) is 6.13. The number of benzene rings is 1. The molecular weight excluding hydrogens is 399 g/mol. The molecule has 1 aromatic carbocycles. The van der Waals surface area contributed by atoms with E-state index < -0.39 is 11.4 Å². The molecule has 1 saturated heterocycles. The maximum atomic E-state index is 13.1. The van der Waals surface area contributed by atoms with Gasteiger partial charge in [0, 0.05) is 31.7 Å². The Labute approximate surface area is 180 Å². The highest BCUT2D eigenvalue weighted by molar-refractivity contribution is 6.02. The number of nitrogens with zero attached hydrogens (tertiary/aromatic N) is 4. The van der Waals surface area contributed by atoms with Gasteiger partial charge in [-0.25, -0.2) is 11.0 Å². The van der Waals surface area contributed by atoms with Gasteiger partial charge in [0.2, 0.25) is 12.5 Å². The Hall–Kier alpha value is -3.25. The van der Waals surface area contributed by atoms with Gasteiger partial charge < -0.3 is 15.9 Å². The molecule has 8 nitrogen and oxygen atoms in total.